The largest absolute Gasteiger partial charge is 0.493 e. The standard InChI is InChI=1S/C14H15ClN2O2/c1-9-3-4-11(12(7-9)18-2)19-14-13(15)10(8-16)5-6-17-14/h3-7H,8,16H2,1-2H3. The normalized spacial score (nSPS) is 10.3. The summed E-state index contributed by atoms with van der Waals surface area (Å²) >= 11 is 6.18. The van der Waals surface area contributed by atoms with E-state index in [0.29, 0.717) is 28.9 Å². The van der Waals surface area contributed by atoms with Crippen molar-refractivity contribution in [3.63, 3.8) is 0 Å². The summed E-state index contributed by atoms with van der Waals surface area (Å²) in [7, 11) is 1.59. The number of benzene rings is 1. The Morgan fingerprint density at radius 1 is 1.26 bits per heavy atom. The lowest BCUT2D eigenvalue weighted by molar-refractivity contribution is 0.374. The first-order chi connectivity index (χ1) is 9.15. The van der Waals surface area contributed by atoms with Gasteiger partial charge in [-0.2, -0.15) is 0 Å². The minimum atomic E-state index is 0.326. The highest BCUT2D eigenvalue weighted by Crippen LogP contribution is 2.35. The van der Waals surface area contributed by atoms with E-state index in [9.17, 15) is 0 Å². The number of aryl methyl sites for hydroxylation is 1. The predicted molar refractivity (Wildman–Crippen MR) is 74.9 cm³/mol. The van der Waals surface area contributed by atoms with E-state index in [-0.39, 0.29) is 0 Å². The maximum absolute atomic E-state index is 6.18. The van der Waals surface area contributed by atoms with E-state index in [2.05, 4.69) is 4.98 Å². The molecule has 5 heteroatoms. The van der Waals surface area contributed by atoms with E-state index in [1.807, 2.05) is 25.1 Å². The molecule has 4 nitrogen and oxygen atoms in total. The number of halogens is 1. The molecule has 1 aromatic carbocycles. The SMILES string of the molecule is COc1cc(C)ccc1Oc1nccc(CN)c1Cl. The second-order valence-electron chi connectivity index (χ2n) is 4.05. The molecule has 0 bridgehead atoms. The average Bonchev–Trinajstić information content (AvgIpc) is 2.42. The van der Waals surface area contributed by atoms with Crippen molar-refractivity contribution in [2.24, 2.45) is 5.73 Å². The third-order valence-electron chi connectivity index (χ3n) is 2.68. The lowest BCUT2D eigenvalue weighted by Gasteiger charge is -2.12. The van der Waals surface area contributed by atoms with Gasteiger partial charge in [0.05, 0.1) is 7.11 Å². The number of nitrogens with zero attached hydrogens (tertiary/aromatic N) is 1. The van der Waals surface area contributed by atoms with Crippen LogP contribution < -0.4 is 15.2 Å². The summed E-state index contributed by atoms with van der Waals surface area (Å²) < 4.78 is 11.0. The van der Waals surface area contributed by atoms with Crippen molar-refractivity contribution in [3.8, 4) is 17.4 Å². The Kier molecular flexibility index (Phi) is 4.24. The van der Waals surface area contributed by atoms with Crippen LogP contribution in [-0.4, -0.2) is 12.1 Å². The summed E-state index contributed by atoms with van der Waals surface area (Å²) in [6, 6.07) is 7.40. The first-order valence-corrected chi connectivity index (χ1v) is 6.19. The quantitative estimate of drug-likeness (QED) is 0.932. The third-order valence-corrected chi connectivity index (χ3v) is 3.09. The fraction of sp³-hybridized carbons (Fsp3) is 0.214. The minimum Gasteiger partial charge on any atom is -0.493 e. The van der Waals surface area contributed by atoms with Crippen molar-refractivity contribution in [2.45, 2.75) is 13.5 Å². The highest BCUT2D eigenvalue weighted by atomic mass is 35.5. The molecule has 2 N–H and O–H groups in total. The molecule has 0 spiro atoms. The average molecular weight is 279 g/mol. The molecule has 1 aromatic heterocycles. The zero-order valence-electron chi connectivity index (χ0n) is 10.8. The second-order valence-corrected chi connectivity index (χ2v) is 4.43. The third kappa shape index (κ3) is 2.97. The fourth-order valence-electron chi connectivity index (χ4n) is 1.65. The molecule has 0 aliphatic rings. The molecule has 0 atom stereocenters. The predicted octanol–water partition coefficient (Wildman–Crippen LogP) is 3.30. The monoisotopic (exact) mass is 278 g/mol. The summed E-state index contributed by atoms with van der Waals surface area (Å²) in [5, 5.41) is 0.424. The Morgan fingerprint density at radius 3 is 2.74 bits per heavy atom. The number of nitrogens with two attached hydrogens (primary N) is 1. The number of hydrogen-bond acceptors (Lipinski definition) is 4. The van der Waals surface area contributed by atoms with Crippen molar-refractivity contribution in [2.75, 3.05) is 7.11 Å². The summed E-state index contributed by atoms with van der Waals surface area (Å²) in [4.78, 5) is 4.11. The van der Waals surface area contributed by atoms with Gasteiger partial charge in [-0.15, -0.1) is 0 Å². The maximum Gasteiger partial charge on any atom is 0.238 e. The summed E-state index contributed by atoms with van der Waals surface area (Å²) in [5.41, 5.74) is 7.47. The molecule has 0 saturated carbocycles. The molecule has 0 unspecified atom stereocenters. The van der Waals surface area contributed by atoms with Crippen LogP contribution in [0.1, 0.15) is 11.1 Å². The Bertz CT molecular complexity index is 588. The summed E-state index contributed by atoms with van der Waals surface area (Å²) in [6.07, 6.45) is 1.62. The van der Waals surface area contributed by atoms with Crippen molar-refractivity contribution in [3.05, 3.63) is 46.6 Å². The summed E-state index contributed by atoms with van der Waals surface area (Å²) in [6.45, 7) is 2.31. The van der Waals surface area contributed by atoms with Crippen molar-refractivity contribution in [1.29, 1.82) is 0 Å². The lowest BCUT2D eigenvalue weighted by Crippen LogP contribution is -2.00. The van der Waals surface area contributed by atoms with Gasteiger partial charge in [0.1, 0.15) is 5.02 Å². The number of methoxy groups -OCH3 is 1. The van der Waals surface area contributed by atoms with Gasteiger partial charge < -0.3 is 15.2 Å². The van der Waals surface area contributed by atoms with Crippen molar-refractivity contribution < 1.29 is 9.47 Å². The highest BCUT2D eigenvalue weighted by molar-refractivity contribution is 6.32. The van der Waals surface area contributed by atoms with Crippen LogP contribution in [0, 0.1) is 6.92 Å². The maximum atomic E-state index is 6.18. The van der Waals surface area contributed by atoms with E-state index >= 15 is 0 Å². The molecule has 2 aromatic rings. The summed E-state index contributed by atoms with van der Waals surface area (Å²) in [5.74, 6) is 1.53. The van der Waals surface area contributed by atoms with Gasteiger partial charge in [-0.25, -0.2) is 4.98 Å². The first-order valence-electron chi connectivity index (χ1n) is 5.81. The molecule has 0 aliphatic heterocycles. The van der Waals surface area contributed by atoms with Crippen LogP contribution in [0.15, 0.2) is 30.5 Å². The Hall–Kier alpha value is -1.78. The molecule has 0 fully saturated rings. The van der Waals surface area contributed by atoms with E-state index in [1.54, 1.807) is 19.4 Å². The number of aromatic nitrogens is 1. The zero-order valence-corrected chi connectivity index (χ0v) is 11.6. The van der Waals surface area contributed by atoms with Crippen LogP contribution in [-0.2, 0) is 6.54 Å². The van der Waals surface area contributed by atoms with Gasteiger partial charge in [-0.3, -0.25) is 0 Å². The van der Waals surface area contributed by atoms with Crippen LogP contribution in [0.2, 0.25) is 5.02 Å². The van der Waals surface area contributed by atoms with Crippen molar-refractivity contribution in [1.82, 2.24) is 4.98 Å². The first kappa shape index (κ1) is 13.6. The topological polar surface area (TPSA) is 57.4 Å². The molecule has 1 heterocycles. The Balaban J connectivity index is 2.36. The van der Waals surface area contributed by atoms with Crippen LogP contribution >= 0.6 is 11.6 Å². The van der Waals surface area contributed by atoms with Gasteiger partial charge in [0.25, 0.3) is 0 Å². The number of ether oxygens (including phenoxy) is 2. The molecular formula is C14H15ClN2O2. The molecule has 0 amide bonds. The molecule has 0 aliphatic carbocycles. The lowest BCUT2D eigenvalue weighted by atomic mass is 10.2. The molecule has 2 rings (SSSR count). The zero-order chi connectivity index (χ0) is 13.8. The number of rotatable bonds is 4. The van der Waals surface area contributed by atoms with Gasteiger partial charge in [0.15, 0.2) is 11.5 Å². The number of pyridine rings is 1. The molecular weight excluding hydrogens is 264 g/mol. The molecule has 0 radical (unpaired) electrons. The van der Waals surface area contributed by atoms with E-state index in [4.69, 9.17) is 26.8 Å². The smallest absolute Gasteiger partial charge is 0.238 e. The van der Waals surface area contributed by atoms with Crippen LogP contribution in [0.25, 0.3) is 0 Å². The van der Waals surface area contributed by atoms with E-state index in [0.717, 1.165) is 11.1 Å². The van der Waals surface area contributed by atoms with E-state index in [1.165, 1.54) is 0 Å². The van der Waals surface area contributed by atoms with Gasteiger partial charge in [-0.1, -0.05) is 17.7 Å². The van der Waals surface area contributed by atoms with E-state index < -0.39 is 0 Å². The van der Waals surface area contributed by atoms with Crippen LogP contribution in [0.5, 0.6) is 17.4 Å². The molecule has 19 heavy (non-hydrogen) atoms. The van der Waals surface area contributed by atoms with Crippen LogP contribution in [0.4, 0.5) is 0 Å². The number of hydrogen-bond donors (Lipinski definition) is 1. The molecule has 100 valence electrons. The highest BCUT2D eigenvalue weighted by Gasteiger charge is 2.12. The van der Waals surface area contributed by atoms with Crippen molar-refractivity contribution >= 4 is 11.6 Å². The van der Waals surface area contributed by atoms with Gasteiger partial charge in [0.2, 0.25) is 5.88 Å². The Labute approximate surface area is 117 Å². The minimum absolute atomic E-state index is 0.326. The van der Waals surface area contributed by atoms with Gasteiger partial charge in [0, 0.05) is 12.7 Å². The second kappa shape index (κ2) is 5.91. The van der Waals surface area contributed by atoms with Gasteiger partial charge in [-0.05, 0) is 36.2 Å². The fourth-order valence-corrected chi connectivity index (χ4v) is 1.88. The van der Waals surface area contributed by atoms with Crippen LogP contribution in [0.3, 0.4) is 0 Å². The van der Waals surface area contributed by atoms with Gasteiger partial charge >= 0.3 is 0 Å². The molecule has 0 saturated heterocycles. The Morgan fingerprint density at radius 2 is 2.05 bits per heavy atom.